The molecule has 0 aromatic carbocycles. The standard InChI is InChI=1S/C20H38N2/c1-16(2)21-12-8-20(9-13-21)14-18(15-20)22-10-6-17(7-11-22)19(3,4)5/h16-18H,6-15H2,1-5H3. The van der Waals surface area contributed by atoms with E-state index in [0.29, 0.717) is 5.41 Å². The summed E-state index contributed by atoms with van der Waals surface area (Å²) < 4.78 is 0. The number of piperidine rings is 2. The molecule has 2 aliphatic heterocycles. The molecule has 128 valence electrons. The first-order valence-corrected chi connectivity index (χ1v) is 9.77. The fourth-order valence-corrected chi connectivity index (χ4v) is 5.25. The third-order valence-electron chi connectivity index (χ3n) is 7.20. The molecule has 3 aliphatic rings. The zero-order valence-electron chi connectivity index (χ0n) is 15.7. The van der Waals surface area contributed by atoms with E-state index in [-0.39, 0.29) is 0 Å². The Balaban J connectivity index is 1.43. The minimum absolute atomic E-state index is 0.511. The van der Waals surface area contributed by atoms with Crippen LogP contribution in [0.15, 0.2) is 0 Å². The minimum Gasteiger partial charge on any atom is -0.301 e. The molecule has 2 saturated heterocycles. The fraction of sp³-hybridized carbons (Fsp3) is 1.00. The van der Waals surface area contributed by atoms with E-state index in [2.05, 4.69) is 44.4 Å². The Morgan fingerprint density at radius 2 is 1.45 bits per heavy atom. The van der Waals surface area contributed by atoms with Crippen molar-refractivity contribution in [1.82, 2.24) is 9.80 Å². The molecule has 0 N–H and O–H groups in total. The maximum atomic E-state index is 2.84. The van der Waals surface area contributed by atoms with E-state index in [9.17, 15) is 0 Å². The van der Waals surface area contributed by atoms with Gasteiger partial charge in [-0.1, -0.05) is 20.8 Å². The molecule has 1 aliphatic carbocycles. The Hall–Kier alpha value is -0.0800. The highest BCUT2D eigenvalue weighted by Crippen LogP contribution is 2.51. The molecular formula is C20H38N2. The third-order valence-corrected chi connectivity index (χ3v) is 7.20. The SMILES string of the molecule is CC(C)N1CCC2(CC1)CC(N1CCC(C(C)(C)C)CC1)C2. The lowest BCUT2D eigenvalue weighted by Gasteiger charge is -2.57. The summed E-state index contributed by atoms with van der Waals surface area (Å²) in [5.74, 6) is 0.937. The van der Waals surface area contributed by atoms with Gasteiger partial charge in [0.05, 0.1) is 0 Å². The Morgan fingerprint density at radius 3 is 1.91 bits per heavy atom. The fourth-order valence-electron chi connectivity index (χ4n) is 5.25. The highest BCUT2D eigenvalue weighted by Gasteiger charge is 2.48. The van der Waals surface area contributed by atoms with Crippen molar-refractivity contribution in [3.05, 3.63) is 0 Å². The summed E-state index contributed by atoms with van der Waals surface area (Å²) in [7, 11) is 0. The van der Waals surface area contributed by atoms with E-state index in [1.54, 1.807) is 0 Å². The lowest BCUT2D eigenvalue weighted by molar-refractivity contribution is -0.0603. The van der Waals surface area contributed by atoms with Gasteiger partial charge in [0.2, 0.25) is 0 Å². The second-order valence-corrected chi connectivity index (χ2v) is 9.87. The average molecular weight is 307 g/mol. The molecule has 0 atom stereocenters. The molecule has 0 bridgehead atoms. The van der Waals surface area contributed by atoms with Gasteiger partial charge in [0.15, 0.2) is 0 Å². The molecule has 1 spiro atoms. The van der Waals surface area contributed by atoms with E-state index in [0.717, 1.165) is 23.4 Å². The molecule has 2 heteroatoms. The smallest absolute Gasteiger partial charge is 0.0106 e. The van der Waals surface area contributed by atoms with Gasteiger partial charge in [-0.25, -0.2) is 0 Å². The molecular weight excluding hydrogens is 268 g/mol. The summed E-state index contributed by atoms with van der Waals surface area (Å²) in [6, 6.07) is 1.66. The molecule has 0 amide bonds. The predicted octanol–water partition coefficient (Wildman–Crippen LogP) is 4.40. The van der Waals surface area contributed by atoms with Crippen molar-refractivity contribution in [3.8, 4) is 0 Å². The van der Waals surface area contributed by atoms with Crippen molar-refractivity contribution in [2.45, 2.75) is 85.2 Å². The summed E-state index contributed by atoms with van der Waals surface area (Å²) in [6.45, 7) is 17.4. The van der Waals surface area contributed by atoms with Crippen molar-refractivity contribution in [3.63, 3.8) is 0 Å². The van der Waals surface area contributed by atoms with Gasteiger partial charge < -0.3 is 9.80 Å². The quantitative estimate of drug-likeness (QED) is 0.746. The van der Waals surface area contributed by atoms with Crippen LogP contribution in [0.1, 0.15) is 73.1 Å². The molecule has 0 aromatic rings. The zero-order valence-corrected chi connectivity index (χ0v) is 15.7. The van der Waals surface area contributed by atoms with Crippen molar-refractivity contribution < 1.29 is 0 Å². The van der Waals surface area contributed by atoms with E-state index < -0.39 is 0 Å². The monoisotopic (exact) mass is 306 g/mol. The van der Waals surface area contributed by atoms with Crippen LogP contribution in [0.4, 0.5) is 0 Å². The first-order chi connectivity index (χ1) is 10.3. The van der Waals surface area contributed by atoms with E-state index in [1.165, 1.54) is 64.7 Å². The third kappa shape index (κ3) is 3.38. The molecule has 0 aromatic heterocycles. The Bertz CT molecular complexity index is 358. The Labute approximate surface area is 138 Å². The summed E-state index contributed by atoms with van der Waals surface area (Å²) >= 11 is 0. The maximum Gasteiger partial charge on any atom is 0.0106 e. The maximum absolute atomic E-state index is 2.84. The van der Waals surface area contributed by atoms with Crippen LogP contribution in [0, 0.1) is 16.7 Å². The minimum atomic E-state index is 0.511. The van der Waals surface area contributed by atoms with Gasteiger partial charge >= 0.3 is 0 Å². The molecule has 2 heterocycles. The van der Waals surface area contributed by atoms with Gasteiger partial charge in [-0.05, 0) is 95.3 Å². The number of rotatable bonds is 2. The van der Waals surface area contributed by atoms with Gasteiger partial charge in [0, 0.05) is 12.1 Å². The van der Waals surface area contributed by atoms with Crippen LogP contribution in [0.2, 0.25) is 0 Å². The van der Waals surface area contributed by atoms with Crippen molar-refractivity contribution in [2.24, 2.45) is 16.7 Å². The number of likely N-dealkylation sites (tertiary alicyclic amines) is 2. The second kappa shape index (κ2) is 6.09. The molecule has 0 radical (unpaired) electrons. The van der Waals surface area contributed by atoms with Crippen molar-refractivity contribution >= 4 is 0 Å². The largest absolute Gasteiger partial charge is 0.301 e. The zero-order chi connectivity index (χ0) is 16.0. The van der Waals surface area contributed by atoms with E-state index >= 15 is 0 Å². The van der Waals surface area contributed by atoms with Gasteiger partial charge in [-0.15, -0.1) is 0 Å². The number of nitrogens with zero attached hydrogens (tertiary/aromatic N) is 2. The normalized spacial score (nSPS) is 29.2. The summed E-state index contributed by atoms with van der Waals surface area (Å²) in [5.41, 5.74) is 1.24. The molecule has 2 nitrogen and oxygen atoms in total. The van der Waals surface area contributed by atoms with Crippen LogP contribution in [0.25, 0.3) is 0 Å². The van der Waals surface area contributed by atoms with E-state index in [1.807, 2.05) is 0 Å². The van der Waals surface area contributed by atoms with Crippen molar-refractivity contribution in [1.29, 1.82) is 0 Å². The highest BCUT2D eigenvalue weighted by molar-refractivity contribution is 5.02. The second-order valence-electron chi connectivity index (χ2n) is 9.87. The topological polar surface area (TPSA) is 6.48 Å². The first kappa shape index (κ1) is 16.8. The predicted molar refractivity (Wildman–Crippen MR) is 95.2 cm³/mol. The number of hydrogen-bond acceptors (Lipinski definition) is 2. The van der Waals surface area contributed by atoms with Gasteiger partial charge in [-0.3, -0.25) is 0 Å². The average Bonchev–Trinajstić information content (AvgIpc) is 2.44. The highest BCUT2D eigenvalue weighted by atomic mass is 15.2. The summed E-state index contributed by atoms with van der Waals surface area (Å²) in [5, 5.41) is 0. The molecule has 0 unspecified atom stereocenters. The summed E-state index contributed by atoms with van der Waals surface area (Å²) in [6.07, 6.45) is 8.76. The molecule has 22 heavy (non-hydrogen) atoms. The molecule has 3 rings (SSSR count). The molecule has 3 fully saturated rings. The van der Waals surface area contributed by atoms with Gasteiger partial charge in [0.1, 0.15) is 0 Å². The Morgan fingerprint density at radius 1 is 0.909 bits per heavy atom. The van der Waals surface area contributed by atoms with Crippen molar-refractivity contribution in [2.75, 3.05) is 26.2 Å². The van der Waals surface area contributed by atoms with E-state index in [4.69, 9.17) is 0 Å². The van der Waals surface area contributed by atoms with Crippen LogP contribution in [0.3, 0.4) is 0 Å². The first-order valence-electron chi connectivity index (χ1n) is 9.77. The lowest BCUT2D eigenvalue weighted by atomic mass is 9.59. The van der Waals surface area contributed by atoms with Gasteiger partial charge in [-0.2, -0.15) is 0 Å². The Kier molecular flexibility index (Phi) is 4.64. The number of hydrogen-bond donors (Lipinski definition) is 0. The van der Waals surface area contributed by atoms with Gasteiger partial charge in [0.25, 0.3) is 0 Å². The summed E-state index contributed by atoms with van der Waals surface area (Å²) in [4.78, 5) is 5.51. The van der Waals surface area contributed by atoms with Crippen LogP contribution < -0.4 is 0 Å². The van der Waals surface area contributed by atoms with Crippen LogP contribution in [-0.2, 0) is 0 Å². The van der Waals surface area contributed by atoms with Crippen LogP contribution in [-0.4, -0.2) is 48.1 Å². The lowest BCUT2D eigenvalue weighted by Crippen LogP contribution is -2.57. The molecule has 1 saturated carbocycles. The van der Waals surface area contributed by atoms with Crippen LogP contribution in [0.5, 0.6) is 0 Å². The van der Waals surface area contributed by atoms with Crippen LogP contribution >= 0.6 is 0 Å².